The second-order valence-corrected chi connectivity index (χ2v) is 8.76. The van der Waals surface area contributed by atoms with Crippen LogP contribution in [0.2, 0.25) is 5.02 Å². The van der Waals surface area contributed by atoms with Crippen molar-refractivity contribution in [2.45, 2.75) is 18.7 Å². The molecule has 0 aliphatic heterocycles. The highest BCUT2D eigenvalue weighted by atomic mass is 35.5. The van der Waals surface area contributed by atoms with Crippen LogP contribution in [0.15, 0.2) is 65.6 Å². The van der Waals surface area contributed by atoms with Crippen molar-refractivity contribution in [1.29, 1.82) is 0 Å². The lowest BCUT2D eigenvalue weighted by atomic mass is 10.2. The number of ether oxygens (including phenoxy) is 1. The molecular weight excluding hydrogens is 454 g/mol. The van der Waals surface area contributed by atoms with E-state index in [0.29, 0.717) is 16.4 Å². The molecule has 32 heavy (non-hydrogen) atoms. The van der Waals surface area contributed by atoms with Crippen molar-refractivity contribution in [3.63, 3.8) is 0 Å². The molecule has 0 fully saturated rings. The summed E-state index contributed by atoms with van der Waals surface area (Å²) < 4.78 is 32.8. The number of nitrogens with one attached hydrogen (secondary N) is 2. The molecule has 2 N–H and O–H groups in total. The Hall–Kier alpha value is -3.43. The maximum Gasteiger partial charge on any atom is 0.339 e. The molecule has 3 rings (SSSR count). The number of benzene rings is 2. The van der Waals surface area contributed by atoms with Gasteiger partial charge in [0.25, 0.3) is 15.9 Å². The molecule has 0 aliphatic carbocycles. The highest BCUT2D eigenvalue weighted by Gasteiger charge is 2.17. The van der Waals surface area contributed by atoms with Crippen LogP contribution >= 0.6 is 11.6 Å². The third-order valence-corrected chi connectivity index (χ3v) is 5.94. The van der Waals surface area contributed by atoms with Crippen LogP contribution in [0.5, 0.6) is 0 Å². The fraction of sp³-hybridized carbons (Fsp3) is 0.136. The quantitative estimate of drug-likeness (QED) is 0.495. The average Bonchev–Trinajstić information content (AvgIpc) is 2.75. The number of amides is 1. The van der Waals surface area contributed by atoms with Crippen molar-refractivity contribution in [1.82, 2.24) is 4.98 Å². The molecular formula is C22H20ClN3O5S. The Balaban J connectivity index is 1.76. The minimum absolute atomic E-state index is 0.0351. The molecule has 1 aromatic heterocycles. The fourth-order valence-corrected chi connectivity index (χ4v) is 4.01. The van der Waals surface area contributed by atoms with Crippen LogP contribution in [0.3, 0.4) is 0 Å². The number of nitrogens with zero attached hydrogens (tertiary/aromatic N) is 1. The normalized spacial score (nSPS) is 11.0. The highest BCUT2D eigenvalue weighted by Crippen LogP contribution is 2.21. The van der Waals surface area contributed by atoms with Gasteiger partial charge >= 0.3 is 5.97 Å². The van der Waals surface area contributed by atoms with Crippen molar-refractivity contribution in [3.8, 4) is 0 Å². The molecule has 166 valence electrons. The number of carbonyl (C=O) groups excluding carboxylic acids is 2. The van der Waals surface area contributed by atoms with E-state index in [1.165, 1.54) is 30.3 Å². The molecule has 0 radical (unpaired) electrons. The third-order valence-electron chi connectivity index (χ3n) is 4.31. The smallest absolute Gasteiger partial charge is 0.339 e. The second-order valence-electron chi connectivity index (χ2n) is 6.64. The van der Waals surface area contributed by atoms with Gasteiger partial charge < -0.3 is 10.1 Å². The summed E-state index contributed by atoms with van der Waals surface area (Å²) in [5, 5.41) is 3.10. The molecule has 0 atom stereocenters. The zero-order valence-corrected chi connectivity index (χ0v) is 18.8. The minimum Gasteiger partial charge on any atom is -0.462 e. The maximum absolute atomic E-state index is 12.7. The van der Waals surface area contributed by atoms with E-state index in [1.807, 2.05) is 0 Å². The van der Waals surface area contributed by atoms with Crippen LogP contribution in [0, 0.1) is 6.92 Å². The van der Waals surface area contributed by atoms with Gasteiger partial charge in [-0.15, -0.1) is 0 Å². The summed E-state index contributed by atoms with van der Waals surface area (Å²) in [4.78, 5) is 28.6. The number of hydrogen-bond donors (Lipinski definition) is 2. The van der Waals surface area contributed by atoms with E-state index in [0.717, 1.165) is 0 Å². The molecule has 0 spiro atoms. The number of aromatic nitrogens is 1. The van der Waals surface area contributed by atoms with Gasteiger partial charge in [0.2, 0.25) is 0 Å². The third kappa shape index (κ3) is 5.63. The van der Waals surface area contributed by atoms with Crippen LogP contribution in [-0.2, 0) is 14.8 Å². The van der Waals surface area contributed by atoms with Crippen molar-refractivity contribution in [2.75, 3.05) is 16.6 Å². The number of anilines is 2. The molecule has 0 saturated carbocycles. The zero-order chi connectivity index (χ0) is 23.3. The van der Waals surface area contributed by atoms with Gasteiger partial charge in [-0.2, -0.15) is 0 Å². The summed E-state index contributed by atoms with van der Waals surface area (Å²) in [5.41, 5.74) is 1.31. The molecule has 0 bridgehead atoms. The van der Waals surface area contributed by atoms with Crippen molar-refractivity contribution >= 4 is 44.9 Å². The predicted molar refractivity (Wildman–Crippen MR) is 122 cm³/mol. The molecule has 10 heteroatoms. The molecule has 0 saturated heterocycles. The lowest BCUT2D eigenvalue weighted by Gasteiger charge is -2.11. The molecule has 2 aromatic carbocycles. The number of sulfonamides is 1. The minimum atomic E-state index is -3.89. The summed E-state index contributed by atoms with van der Waals surface area (Å²) in [5.74, 6) is -1.07. The van der Waals surface area contributed by atoms with Gasteiger partial charge in [0, 0.05) is 16.4 Å². The van der Waals surface area contributed by atoms with Crippen molar-refractivity contribution in [2.24, 2.45) is 0 Å². The van der Waals surface area contributed by atoms with Crippen LogP contribution in [0.1, 0.15) is 33.5 Å². The first-order valence-corrected chi connectivity index (χ1v) is 11.4. The summed E-state index contributed by atoms with van der Waals surface area (Å²) in [6.45, 7) is 3.52. The lowest BCUT2D eigenvalue weighted by molar-refractivity contribution is 0.0524. The Morgan fingerprint density at radius 2 is 1.75 bits per heavy atom. The van der Waals surface area contributed by atoms with E-state index >= 15 is 0 Å². The number of hydrogen-bond acceptors (Lipinski definition) is 6. The zero-order valence-electron chi connectivity index (χ0n) is 17.3. The Kier molecular flexibility index (Phi) is 7.12. The van der Waals surface area contributed by atoms with Gasteiger partial charge in [0.15, 0.2) is 0 Å². The van der Waals surface area contributed by atoms with Gasteiger partial charge in [-0.25, -0.2) is 18.2 Å². The second kappa shape index (κ2) is 9.80. The fourth-order valence-electron chi connectivity index (χ4n) is 2.78. The summed E-state index contributed by atoms with van der Waals surface area (Å²) in [6, 6.07) is 14.9. The van der Waals surface area contributed by atoms with E-state index in [1.54, 1.807) is 44.2 Å². The van der Waals surface area contributed by atoms with Crippen LogP contribution in [0.4, 0.5) is 11.4 Å². The van der Waals surface area contributed by atoms with E-state index in [4.69, 9.17) is 16.3 Å². The summed E-state index contributed by atoms with van der Waals surface area (Å²) in [7, 11) is -3.89. The number of esters is 1. The first kappa shape index (κ1) is 23.2. The Bertz CT molecular complexity index is 1260. The summed E-state index contributed by atoms with van der Waals surface area (Å²) in [6.07, 6.45) is 0. The molecule has 0 aliphatic rings. The molecule has 8 nitrogen and oxygen atoms in total. The first-order valence-electron chi connectivity index (χ1n) is 9.54. The number of aryl methyl sites for hydroxylation is 1. The largest absolute Gasteiger partial charge is 0.462 e. The predicted octanol–water partition coefficient (Wildman–Crippen LogP) is 4.27. The standard InChI is InChI=1S/C22H20ClN3O5S/c1-3-31-22(28)19-11-12-20(24-14(19)2)21(27)25-17-5-4-6-18(13-17)32(29,30)26-16-9-7-15(23)8-10-16/h4-13,26H,3H2,1-2H3,(H,25,27). The molecule has 0 unspecified atom stereocenters. The number of halogens is 1. The monoisotopic (exact) mass is 473 g/mol. The number of rotatable bonds is 7. The highest BCUT2D eigenvalue weighted by molar-refractivity contribution is 7.92. The van der Waals surface area contributed by atoms with Gasteiger partial charge in [-0.3, -0.25) is 9.52 Å². The van der Waals surface area contributed by atoms with E-state index in [9.17, 15) is 18.0 Å². The Labute approximate surface area is 190 Å². The Morgan fingerprint density at radius 1 is 1.03 bits per heavy atom. The number of carbonyl (C=O) groups is 2. The topological polar surface area (TPSA) is 114 Å². The average molecular weight is 474 g/mol. The van der Waals surface area contributed by atoms with Crippen LogP contribution in [0.25, 0.3) is 0 Å². The van der Waals surface area contributed by atoms with Gasteiger partial charge in [0.05, 0.1) is 22.8 Å². The van der Waals surface area contributed by atoms with Crippen molar-refractivity contribution < 1.29 is 22.7 Å². The van der Waals surface area contributed by atoms with Gasteiger partial charge in [0.1, 0.15) is 5.69 Å². The Morgan fingerprint density at radius 3 is 2.41 bits per heavy atom. The molecule has 1 amide bonds. The van der Waals surface area contributed by atoms with Crippen molar-refractivity contribution in [3.05, 3.63) is 82.6 Å². The maximum atomic E-state index is 12.7. The summed E-state index contributed by atoms with van der Waals surface area (Å²) >= 11 is 5.82. The first-order chi connectivity index (χ1) is 15.2. The van der Waals surface area contributed by atoms with E-state index in [-0.39, 0.29) is 28.4 Å². The van der Waals surface area contributed by atoms with Crippen LogP contribution in [-0.4, -0.2) is 31.9 Å². The molecule has 1 heterocycles. The van der Waals surface area contributed by atoms with Crippen LogP contribution < -0.4 is 10.0 Å². The van der Waals surface area contributed by atoms with E-state index in [2.05, 4.69) is 15.0 Å². The number of pyridine rings is 1. The lowest BCUT2D eigenvalue weighted by Crippen LogP contribution is -2.17. The van der Waals surface area contributed by atoms with Gasteiger partial charge in [-0.1, -0.05) is 17.7 Å². The molecule has 3 aromatic rings. The SMILES string of the molecule is CCOC(=O)c1ccc(C(=O)Nc2cccc(S(=O)(=O)Nc3ccc(Cl)cc3)c2)nc1C. The van der Waals surface area contributed by atoms with Gasteiger partial charge in [-0.05, 0) is 68.4 Å². The van der Waals surface area contributed by atoms with E-state index < -0.39 is 21.9 Å².